The highest BCUT2D eigenvalue weighted by molar-refractivity contribution is 9.10. The third-order valence-electron chi connectivity index (χ3n) is 8.30. The zero-order chi connectivity index (χ0) is 39.7. The van der Waals surface area contributed by atoms with E-state index in [0.717, 1.165) is 79.3 Å². The molecule has 0 unspecified atom stereocenters. The number of rotatable bonds is 9. The van der Waals surface area contributed by atoms with Crippen molar-refractivity contribution in [1.29, 1.82) is 0 Å². The summed E-state index contributed by atoms with van der Waals surface area (Å²) >= 11 is 14.3. The molecular weight excluding hydrogens is 896 g/mol. The van der Waals surface area contributed by atoms with Crippen LogP contribution >= 0.6 is 55.2 Å². The lowest BCUT2D eigenvalue weighted by molar-refractivity contribution is 0.202. The van der Waals surface area contributed by atoms with E-state index in [4.69, 9.17) is 31.3 Å². The van der Waals surface area contributed by atoms with Gasteiger partial charge in [0.1, 0.15) is 24.7 Å². The van der Waals surface area contributed by atoms with Gasteiger partial charge in [-0.05, 0) is 96.7 Å². The van der Waals surface area contributed by atoms with Gasteiger partial charge in [-0.15, -0.1) is 10.2 Å². The van der Waals surface area contributed by atoms with Gasteiger partial charge < -0.3 is 19.7 Å². The van der Waals surface area contributed by atoms with E-state index < -0.39 is 0 Å². The van der Waals surface area contributed by atoms with E-state index >= 15 is 0 Å². The average molecular weight is 929 g/mol. The molecule has 0 atom stereocenters. The molecule has 0 aliphatic carbocycles. The second-order valence-corrected chi connectivity index (χ2v) is 15.5. The molecule has 12 nitrogen and oxygen atoms in total. The van der Waals surface area contributed by atoms with Crippen LogP contribution in [0.25, 0.3) is 49.5 Å². The summed E-state index contributed by atoms with van der Waals surface area (Å²) in [7, 11) is 1.90. The molecule has 6 aromatic heterocycles. The fraction of sp³-hybridized carbons (Fsp3) is 0.122. The Morgan fingerprint density at radius 3 is 1.89 bits per heavy atom. The number of halogens is 3. The van der Waals surface area contributed by atoms with Crippen LogP contribution in [0.5, 0.6) is 11.5 Å². The molecule has 0 aliphatic rings. The first-order chi connectivity index (χ1) is 27.8. The van der Waals surface area contributed by atoms with Crippen molar-refractivity contribution in [2.24, 2.45) is 7.05 Å². The topological polar surface area (TPSA) is 146 Å². The van der Waals surface area contributed by atoms with Crippen molar-refractivity contribution in [3.05, 3.63) is 136 Å². The maximum atomic E-state index is 9.06. The van der Waals surface area contributed by atoms with Crippen molar-refractivity contribution >= 4 is 93.6 Å². The van der Waals surface area contributed by atoms with Gasteiger partial charge in [0.25, 0.3) is 0 Å². The average Bonchev–Trinajstić information content (AvgIpc) is 3.85. The molecule has 0 saturated carbocycles. The Morgan fingerprint density at radius 1 is 0.667 bits per heavy atom. The summed E-state index contributed by atoms with van der Waals surface area (Å²) < 4.78 is 16.8. The lowest BCUT2D eigenvalue weighted by Gasteiger charge is -2.09. The predicted molar refractivity (Wildman–Crippen MR) is 230 cm³/mol. The highest BCUT2D eigenvalue weighted by atomic mass is 79.9. The van der Waals surface area contributed by atoms with Gasteiger partial charge in [0.05, 0.1) is 41.0 Å². The molecule has 6 heterocycles. The van der Waals surface area contributed by atoms with Crippen molar-refractivity contribution in [3.8, 4) is 22.6 Å². The summed E-state index contributed by atoms with van der Waals surface area (Å²) in [5.41, 5.74) is 5.49. The van der Waals surface area contributed by atoms with Crippen LogP contribution in [0.4, 0.5) is 0 Å². The molecule has 9 aromatic rings. The Morgan fingerprint density at radius 2 is 1.26 bits per heavy atom. The van der Waals surface area contributed by atoms with E-state index in [2.05, 4.69) is 62.1 Å². The highest BCUT2D eigenvalue weighted by Gasteiger charge is 2.12. The number of pyridine rings is 4. The first-order valence-corrected chi connectivity index (χ1v) is 20.2. The first-order valence-electron chi connectivity index (χ1n) is 17.4. The van der Waals surface area contributed by atoms with Gasteiger partial charge in [-0.25, -0.2) is 0 Å². The molecule has 16 heteroatoms. The molecule has 57 heavy (non-hydrogen) atoms. The minimum atomic E-state index is -0.0384. The zero-order valence-corrected chi connectivity index (χ0v) is 35.0. The number of hydrogen-bond donors (Lipinski definition) is 2. The molecular formula is C41H33Br2ClN8O4S. The maximum absolute atomic E-state index is 9.06. The number of ether oxygens (including phenoxy) is 2. The number of aryl methyl sites for hydroxylation is 1. The molecule has 9 rings (SSSR count). The van der Waals surface area contributed by atoms with Gasteiger partial charge in [-0.2, -0.15) is 5.10 Å². The third kappa shape index (κ3) is 9.87. The molecule has 3 aromatic carbocycles. The maximum Gasteiger partial charge on any atom is 0.200 e. The predicted octanol–water partition coefficient (Wildman–Crippen LogP) is 9.22. The zero-order valence-electron chi connectivity index (χ0n) is 30.2. The Balaban J connectivity index is 0.000000152. The van der Waals surface area contributed by atoms with Crippen LogP contribution in [0.3, 0.4) is 0 Å². The van der Waals surface area contributed by atoms with Crippen LogP contribution in [0.1, 0.15) is 0 Å². The Labute approximate surface area is 352 Å². The van der Waals surface area contributed by atoms with Crippen molar-refractivity contribution < 1.29 is 19.7 Å². The second-order valence-electron chi connectivity index (χ2n) is 12.2. The first kappa shape index (κ1) is 40.1. The molecule has 0 bridgehead atoms. The number of nitrogens with zero attached hydrogens (tertiary/aromatic N) is 8. The summed E-state index contributed by atoms with van der Waals surface area (Å²) in [6.07, 6.45) is 10.9. The van der Waals surface area contributed by atoms with E-state index in [-0.39, 0.29) is 19.8 Å². The quantitative estimate of drug-likeness (QED) is 0.143. The van der Waals surface area contributed by atoms with E-state index in [9.17, 15) is 0 Å². The van der Waals surface area contributed by atoms with E-state index in [1.165, 1.54) is 11.8 Å². The fourth-order valence-electron chi connectivity index (χ4n) is 5.69. The van der Waals surface area contributed by atoms with Crippen LogP contribution in [0, 0.1) is 0 Å². The Bertz CT molecular complexity index is 2810. The van der Waals surface area contributed by atoms with Gasteiger partial charge >= 0.3 is 0 Å². The SMILES string of the molecule is Clc1ccnc2ccc(Br)cc12.Cn1cc(-c2ccc3nnc(Sc4ccc5nccc(OCCO)c5c4)n3c2)cn1.OCCOc1ccnc2ccc(Br)cc12. The molecule has 0 fully saturated rings. The number of fused-ring (bicyclic) bond motifs is 4. The van der Waals surface area contributed by atoms with Crippen LogP contribution in [0.2, 0.25) is 5.02 Å². The summed E-state index contributed by atoms with van der Waals surface area (Å²) in [6.45, 7) is 0.509. The number of aliphatic hydroxyl groups is 2. The van der Waals surface area contributed by atoms with Crippen LogP contribution < -0.4 is 9.47 Å². The molecule has 0 spiro atoms. The van der Waals surface area contributed by atoms with Gasteiger partial charge in [0.15, 0.2) is 10.8 Å². The summed E-state index contributed by atoms with van der Waals surface area (Å²) in [5.74, 6) is 1.44. The second kappa shape index (κ2) is 18.9. The third-order valence-corrected chi connectivity index (χ3v) is 10.6. The van der Waals surface area contributed by atoms with Crippen LogP contribution in [0.15, 0.2) is 141 Å². The lowest BCUT2D eigenvalue weighted by Crippen LogP contribution is -2.02. The van der Waals surface area contributed by atoms with E-state index in [0.29, 0.717) is 12.4 Å². The van der Waals surface area contributed by atoms with Gasteiger partial charge in [-0.1, -0.05) is 43.5 Å². The minimum absolute atomic E-state index is 0.0117. The Kier molecular flexibility index (Phi) is 13.2. The standard InChI is InChI=1S/C21H18N6O2S.C11H10BrNO2.C9H5BrClN/c1-26-12-15(11-23-26)14-2-5-20-24-25-21(27(20)13-14)30-16-3-4-18-17(10-16)19(6-7-22-18)29-9-8-28;12-8-1-2-10-9(7-8)11(3-4-13-10)15-6-5-14;10-6-1-2-9-7(5-6)8(11)3-4-12-9/h2-7,10-13,28H,8-9H2,1H3;1-4,7,14H,5-6H2;1-5H. The van der Waals surface area contributed by atoms with Crippen LogP contribution in [-0.2, 0) is 7.05 Å². The molecule has 0 radical (unpaired) electrons. The van der Waals surface area contributed by atoms with Gasteiger partial charge in [0.2, 0.25) is 0 Å². The summed E-state index contributed by atoms with van der Waals surface area (Å²) in [4.78, 5) is 13.8. The van der Waals surface area contributed by atoms with Gasteiger partial charge in [-0.3, -0.25) is 24.0 Å². The van der Waals surface area contributed by atoms with E-state index in [1.54, 1.807) is 41.5 Å². The van der Waals surface area contributed by atoms with Gasteiger partial charge in [0, 0.05) is 79.2 Å². The number of aromatic nitrogens is 8. The Hall–Kier alpha value is -5.16. The van der Waals surface area contributed by atoms with Crippen LogP contribution in [-0.4, -0.2) is 76.0 Å². The lowest BCUT2D eigenvalue weighted by atomic mass is 10.2. The molecule has 0 aliphatic heterocycles. The molecule has 288 valence electrons. The molecule has 0 amide bonds. The number of aliphatic hydroxyl groups excluding tert-OH is 2. The van der Waals surface area contributed by atoms with Crippen molar-refractivity contribution in [1.82, 2.24) is 39.3 Å². The van der Waals surface area contributed by atoms with E-state index in [1.807, 2.05) is 96.8 Å². The largest absolute Gasteiger partial charge is 0.490 e. The monoisotopic (exact) mass is 926 g/mol. The molecule has 0 saturated heterocycles. The van der Waals surface area contributed by atoms with Crippen molar-refractivity contribution in [3.63, 3.8) is 0 Å². The number of benzene rings is 3. The molecule has 2 N–H and O–H groups in total. The number of hydrogen-bond acceptors (Lipinski definition) is 11. The normalized spacial score (nSPS) is 11.0. The van der Waals surface area contributed by atoms with Crippen molar-refractivity contribution in [2.75, 3.05) is 26.4 Å². The smallest absolute Gasteiger partial charge is 0.200 e. The summed E-state index contributed by atoms with van der Waals surface area (Å²) in [6, 6.07) is 27.0. The minimum Gasteiger partial charge on any atom is -0.490 e. The van der Waals surface area contributed by atoms with Crippen molar-refractivity contribution in [2.45, 2.75) is 10.1 Å². The summed E-state index contributed by atoms with van der Waals surface area (Å²) in [5, 5.41) is 35.0. The fourth-order valence-corrected chi connectivity index (χ4v) is 7.47. The highest BCUT2D eigenvalue weighted by Crippen LogP contribution is 2.33.